The molecule has 0 atom stereocenters. The number of carbonyl (C=O) groups excluding carboxylic acids is 2. The lowest BCUT2D eigenvalue weighted by atomic mass is 10.1. The van der Waals surface area contributed by atoms with Gasteiger partial charge in [-0.1, -0.05) is 51.4 Å². The van der Waals surface area contributed by atoms with Crippen LogP contribution in [0.2, 0.25) is 0 Å². The van der Waals surface area contributed by atoms with Gasteiger partial charge in [0.1, 0.15) is 10.8 Å². The maximum atomic E-state index is 12.5. The van der Waals surface area contributed by atoms with E-state index in [2.05, 4.69) is 13.8 Å². The van der Waals surface area contributed by atoms with Crippen molar-refractivity contribution in [3.63, 3.8) is 0 Å². The number of carbonyl (C=O) groups is 2. The molecule has 0 spiro atoms. The van der Waals surface area contributed by atoms with E-state index >= 15 is 0 Å². The van der Waals surface area contributed by atoms with Crippen molar-refractivity contribution in [1.82, 2.24) is 4.90 Å². The molecule has 5 heteroatoms. The largest absolute Gasteiger partial charge is 0.493 e. The van der Waals surface area contributed by atoms with Crippen molar-refractivity contribution in [1.29, 1.82) is 0 Å². The van der Waals surface area contributed by atoms with Crippen LogP contribution in [0.1, 0.15) is 33.3 Å². The zero-order valence-electron chi connectivity index (χ0n) is 13.9. The van der Waals surface area contributed by atoms with Gasteiger partial charge in [0.2, 0.25) is 0 Å². The fraction of sp³-hybridized carbons (Fsp3) is 0.444. The molecule has 0 radical (unpaired) electrons. The SMILES string of the molecule is CC(C)COc1ccc(C2=C(Cl)C(=O)N(CC(C)C)C2=O)cc1. The summed E-state index contributed by atoms with van der Waals surface area (Å²) in [7, 11) is 0. The van der Waals surface area contributed by atoms with Crippen LogP contribution < -0.4 is 4.74 Å². The smallest absolute Gasteiger partial charge is 0.273 e. The maximum absolute atomic E-state index is 12.5. The third-order valence-electron chi connectivity index (χ3n) is 3.39. The second-order valence-corrected chi connectivity index (χ2v) is 6.91. The van der Waals surface area contributed by atoms with Crippen molar-refractivity contribution in [2.24, 2.45) is 11.8 Å². The molecule has 4 nitrogen and oxygen atoms in total. The van der Waals surface area contributed by atoms with E-state index in [1.807, 2.05) is 13.8 Å². The van der Waals surface area contributed by atoms with Crippen LogP contribution in [0.3, 0.4) is 0 Å². The van der Waals surface area contributed by atoms with Crippen LogP contribution in [0.5, 0.6) is 5.75 Å². The highest BCUT2D eigenvalue weighted by molar-refractivity contribution is 6.55. The standard InChI is InChI=1S/C18H22ClNO3/c1-11(2)9-20-17(21)15(16(19)18(20)22)13-5-7-14(8-6-13)23-10-12(3)4/h5-8,11-12H,9-10H2,1-4H3. The average molecular weight is 336 g/mol. The zero-order chi connectivity index (χ0) is 17.1. The molecule has 0 unspecified atom stereocenters. The minimum absolute atomic E-state index is 0.00787. The Bertz CT molecular complexity index is 632. The first-order chi connectivity index (χ1) is 10.8. The molecule has 0 bridgehead atoms. The number of amides is 2. The summed E-state index contributed by atoms with van der Waals surface area (Å²) in [5.41, 5.74) is 0.907. The Morgan fingerprint density at radius 2 is 1.61 bits per heavy atom. The van der Waals surface area contributed by atoms with Crippen LogP contribution in [0.15, 0.2) is 29.3 Å². The molecule has 2 amide bonds. The van der Waals surface area contributed by atoms with Crippen LogP contribution in [0, 0.1) is 11.8 Å². The number of hydrogen-bond acceptors (Lipinski definition) is 3. The van der Waals surface area contributed by atoms with E-state index in [1.54, 1.807) is 24.3 Å². The Kier molecular flexibility index (Phi) is 5.47. The van der Waals surface area contributed by atoms with Gasteiger partial charge in [0.25, 0.3) is 11.8 Å². The molecule has 0 aromatic heterocycles. The van der Waals surface area contributed by atoms with Crippen molar-refractivity contribution in [3.05, 3.63) is 34.9 Å². The average Bonchev–Trinajstić information content (AvgIpc) is 2.69. The van der Waals surface area contributed by atoms with E-state index in [0.29, 0.717) is 24.6 Å². The van der Waals surface area contributed by atoms with Gasteiger partial charge in [0.15, 0.2) is 0 Å². The van der Waals surface area contributed by atoms with Gasteiger partial charge in [-0.2, -0.15) is 0 Å². The number of imide groups is 1. The lowest BCUT2D eigenvalue weighted by Gasteiger charge is -2.17. The normalized spacial score (nSPS) is 15.3. The molecule has 0 N–H and O–H groups in total. The Hall–Kier alpha value is -1.81. The molecular weight excluding hydrogens is 314 g/mol. The third kappa shape index (κ3) is 3.94. The first kappa shape index (κ1) is 17.5. The fourth-order valence-electron chi connectivity index (χ4n) is 2.31. The van der Waals surface area contributed by atoms with E-state index < -0.39 is 5.91 Å². The van der Waals surface area contributed by atoms with Gasteiger partial charge in [-0.3, -0.25) is 14.5 Å². The molecule has 1 aliphatic heterocycles. The van der Waals surface area contributed by atoms with Gasteiger partial charge >= 0.3 is 0 Å². The van der Waals surface area contributed by atoms with Crippen molar-refractivity contribution in [3.8, 4) is 5.75 Å². The molecular formula is C18H22ClNO3. The predicted molar refractivity (Wildman–Crippen MR) is 91.1 cm³/mol. The quantitative estimate of drug-likeness (QED) is 0.745. The maximum Gasteiger partial charge on any atom is 0.273 e. The van der Waals surface area contributed by atoms with Crippen molar-refractivity contribution < 1.29 is 14.3 Å². The number of hydrogen-bond donors (Lipinski definition) is 0. The second-order valence-electron chi connectivity index (χ2n) is 6.53. The van der Waals surface area contributed by atoms with E-state index in [0.717, 1.165) is 5.75 Å². The van der Waals surface area contributed by atoms with Gasteiger partial charge in [-0.05, 0) is 29.5 Å². The summed E-state index contributed by atoms with van der Waals surface area (Å²) < 4.78 is 5.62. The molecule has 1 heterocycles. The summed E-state index contributed by atoms with van der Waals surface area (Å²) >= 11 is 6.12. The monoisotopic (exact) mass is 335 g/mol. The Morgan fingerprint density at radius 3 is 2.13 bits per heavy atom. The van der Waals surface area contributed by atoms with Gasteiger partial charge in [-0.25, -0.2) is 0 Å². The van der Waals surface area contributed by atoms with Gasteiger partial charge < -0.3 is 4.74 Å². The number of halogens is 1. The summed E-state index contributed by atoms with van der Waals surface area (Å²) in [5, 5.41) is -0.00787. The molecule has 23 heavy (non-hydrogen) atoms. The molecule has 0 saturated carbocycles. The molecule has 0 fully saturated rings. The van der Waals surface area contributed by atoms with E-state index in [4.69, 9.17) is 16.3 Å². The Morgan fingerprint density at radius 1 is 1.00 bits per heavy atom. The molecule has 0 aliphatic carbocycles. The predicted octanol–water partition coefficient (Wildman–Crippen LogP) is 3.70. The van der Waals surface area contributed by atoms with Crippen LogP contribution in [-0.2, 0) is 9.59 Å². The first-order valence-corrected chi connectivity index (χ1v) is 8.18. The fourth-order valence-corrected chi connectivity index (χ4v) is 2.60. The van der Waals surface area contributed by atoms with Crippen LogP contribution in [0.4, 0.5) is 0 Å². The molecule has 1 aromatic carbocycles. The van der Waals surface area contributed by atoms with Crippen LogP contribution in [0.25, 0.3) is 5.57 Å². The summed E-state index contributed by atoms with van der Waals surface area (Å²) in [5.74, 6) is 0.615. The molecule has 1 aromatic rings. The highest BCUT2D eigenvalue weighted by Gasteiger charge is 2.38. The third-order valence-corrected chi connectivity index (χ3v) is 3.74. The van der Waals surface area contributed by atoms with Gasteiger partial charge in [0, 0.05) is 6.54 Å². The molecule has 2 rings (SSSR count). The van der Waals surface area contributed by atoms with Crippen molar-refractivity contribution in [2.75, 3.05) is 13.2 Å². The summed E-state index contributed by atoms with van der Waals surface area (Å²) in [6.45, 7) is 9.05. The molecule has 0 saturated heterocycles. The first-order valence-electron chi connectivity index (χ1n) is 7.80. The van der Waals surface area contributed by atoms with Crippen molar-refractivity contribution >= 4 is 29.0 Å². The zero-order valence-corrected chi connectivity index (χ0v) is 14.7. The highest BCUT2D eigenvalue weighted by atomic mass is 35.5. The van der Waals surface area contributed by atoms with E-state index in [-0.39, 0.29) is 22.4 Å². The van der Waals surface area contributed by atoms with Crippen LogP contribution >= 0.6 is 11.6 Å². The number of nitrogens with zero attached hydrogens (tertiary/aromatic N) is 1. The highest BCUT2D eigenvalue weighted by Crippen LogP contribution is 2.32. The molecule has 1 aliphatic rings. The Labute approximate surface area is 142 Å². The number of ether oxygens (including phenoxy) is 1. The minimum atomic E-state index is -0.416. The van der Waals surface area contributed by atoms with Crippen LogP contribution in [-0.4, -0.2) is 29.9 Å². The van der Waals surface area contributed by atoms with Gasteiger partial charge in [-0.15, -0.1) is 0 Å². The summed E-state index contributed by atoms with van der Waals surface area (Å²) in [6, 6.07) is 7.10. The van der Waals surface area contributed by atoms with E-state index in [1.165, 1.54) is 4.90 Å². The summed E-state index contributed by atoms with van der Waals surface area (Å²) in [4.78, 5) is 25.9. The second kappa shape index (κ2) is 7.18. The topological polar surface area (TPSA) is 46.6 Å². The Balaban J connectivity index is 2.20. The van der Waals surface area contributed by atoms with E-state index in [9.17, 15) is 9.59 Å². The molecule has 124 valence electrons. The minimum Gasteiger partial charge on any atom is -0.493 e. The lowest BCUT2D eigenvalue weighted by Crippen LogP contribution is -2.34. The summed E-state index contributed by atoms with van der Waals surface area (Å²) in [6.07, 6.45) is 0. The number of rotatable bonds is 6. The van der Waals surface area contributed by atoms with Crippen molar-refractivity contribution in [2.45, 2.75) is 27.7 Å². The number of benzene rings is 1. The van der Waals surface area contributed by atoms with Gasteiger partial charge in [0.05, 0.1) is 12.2 Å². The lowest BCUT2D eigenvalue weighted by molar-refractivity contribution is -0.137.